The van der Waals surface area contributed by atoms with E-state index >= 15 is 0 Å². The second kappa shape index (κ2) is 5.32. The first kappa shape index (κ1) is 14.4. The fourth-order valence-electron chi connectivity index (χ4n) is 3.56. The van der Waals surface area contributed by atoms with Gasteiger partial charge in [0, 0.05) is 11.6 Å². The van der Waals surface area contributed by atoms with Crippen molar-refractivity contribution in [1.29, 1.82) is 0 Å². The Kier molecular flexibility index (Phi) is 3.64. The van der Waals surface area contributed by atoms with E-state index in [2.05, 4.69) is 11.4 Å². The summed E-state index contributed by atoms with van der Waals surface area (Å²) >= 11 is 0. The molecule has 4 rings (SSSR count). The molecule has 2 nitrogen and oxygen atoms in total. The first-order valence-electron chi connectivity index (χ1n) is 7.00. The van der Waals surface area contributed by atoms with Gasteiger partial charge in [0.15, 0.2) is 0 Å². The van der Waals surface area contributed by atoms with Gasteiger partial charge in [0.1, 0.15) is 11.6 Å². The molecule has 0 saturated heterocycles. The normalized spacial score (nSPS) is 18.3. The van der Waals surface area contributed by atoms with Crippen LogP contribution in [0, 0.1) is 5.82 Å². The molecule has 4 heteroatoms. The average Bonchev–Trinajstić information content (AvgIpc) is 2.47. The van der Waals surface area contributed by atoms with Crippen LogP contribution in [0.5, 0.6) is 5.75 Å². The number of halogens is 2. The van der Waals surface area contributed by atoms with Gasteiger partial charge in [-0.05, 0) is 59.8 Å². The molecule has 0 aromatic heterocycles. The minimum absolute atomic E-state index is 0. The highest BCUT2D eigenvalue weighted by molar-refractivity contribution is 5.85. The Morgan fingerprint density at radius 1 is 1.19 bits per heavy atom. The second-order valence-corrected chi connectivity index (χ2v) is 5.48. The molecule has 110 valence electrons. The smallest absolute Gasteiger partial charge is 0.127 e. The summed E-state index contributed by atoms with van der Waals surface area (Å²) in [7, 11) is 1.70. The van der Waals surface area contributed by atoms with E-state index in [4.69, 9.17) is 4.74 Å². The largest absolute Gasteiger partial charge is 0.496 e. The minimum atomic E-state index is -0.168. The Hall–Kier alpha value is -1.58. The maximum absolute atomic E-state index is 13.5. The van der Waals surface area contributed by atoms with Gasteiger partial charge < -0.3 is 10.1 Å². The number of rotatable bonds is 1. The predicted octanol–water partition coefficient (Wildman–Crippen LogP) is 3.67. The van der Waals surface area contributed by atoms with Gasteiger partial charge in [-0.2, -0.15) is 0 Å². The summed E-state index contributed by atoms with van der Waals surface area (Å²) in [6.07, 6.45) is 1.89. The fourth-order valence-corrected chi connectivity index (χ4v) is 3.56. The van der Waals surface area contributed by atoms with E-state index in [9.17, 15) is 4.39 Å². The fraction of sp³-hybridized carbons (Fsp3) is 0.294. The van der Waals surface area contributed by atoms with E-state index in [1.54, 1.807) is 13.2 Å². The van der Waals surface area contributed by atoms with Crippen LogP contribution in [0.3, 0.4) is 0 Å². The SMILES string of the molecule is COc1ccc2c3c1-c1ccc(F)cc1CC3NCC2.Cl. The van der Waals surface area contributed by atoms with Crippen molar-refractivity contribution in [2.45, 2.75) is 18.9 Å². The van der Waals surface area contributed by atoms with Crippen LogP contribution in [0.15, 0.2) is 30.3 Å². The van der Waals surface area contributed by atoms with Crippen molar-refractivity contribution in [3.63, 3.8) is 0 Å². The lowest BCUT2D eigenvalue weighted by atomic mass is 9.77. The zero-order chi connectivity index (χ0) is 13.7. The van der Waals surface area contributed by atoms with Gasteiger partial charge in [-0.3, -0.25) is 0 Å². The molecule has 1 unspecified atom stereocenters. The third-order valence-electron chi connectivity index (χ3n) is 4.41. The number of ether oxygens (including phenoxy) is 1. The Labute approximate surface area is 129 Å². The number of benzene rings is 2. The summed E-state index contributed by atoms with van der Waals surface area (Å²) in [4.78, 5) is 0. The van der Waals surface area contributed by atoms with Gasteiger partial charge in [0.2, 0.25) is 0 Å². The average molecular weight is 306 g/mol. The number of hydrogen-bond acceptors (Lipinski definition) is 2. The predicted molar refractivity (Wildman–Crippen MR) is 83.8 cm³/mol. The van der Waals surface area contributed by atoms with Crippen molar-refractivity contribution in [3.05, 3.63) is 52.8 Å². The molecule has 1 aliphatic heterocycles. The van der Waals surface area contributed by atoms with Gasteiger partial charge in [-0.25, -0.2) is 4.39 Å². The minimum Gasteiger partial charge on any atom is -0.496 e. The highest BCUT2D eigenvalue weighted by atomic mass is 35.5. The lowest BCUT2D eigenvalue weighted by molar-refractivity contribution is 0.411. The Morgan fingerprint density at radius 2 is 2.05 bits per heavy atom. The highest BCUT2D eigenvalue weighted by Gasteiger charge is 2.31. The summed E-state index contributed by atoms with van der Waals surface area (Å²) in [5.41, 5.74) is 6.05. The number of methoxy groups -OCH3 is 1. The zero-order valence-electron chi connectivity index (χ0n) is 11.8. The summed E-state index contributed by atoms with van der Waals surface area (Å²) in [5.74, 6) is 0.711. The topological polar surface area (TPSA) is 21.3 Å². The van der Waals surface area contributed by atoms with Gasteiger partial charge >= 0.3 is 0 Å². The quantitative estimate of drug-likeness (QED) is 0.868. The molecule has 1 heterocycles. The maximum atomic E-state index is 13.5. The molecule has 0 radical (unpaired) electrons. The van der Waals surface area contributed by atoms with E-state index in [0.717, 1.165) is 41.8 Å². The number of fused-ring (bicyclic) bond motifs is 2. The molecule has 21 heavy (non-hydrogen) atoms. The Bertz CT molecular complexity index is 701. The van der Waals surface area contributed by atoms with E-state index in [1.807, 2.05) is 12.1 Å². The molecule has 1 aliphatic carbocycles. The summed E-state index contributed by atoms with van der Waals surface area (Å²) < 4.78 is 19.1. The van der Waals surface area contributed by atoms with Crippen molar-refractivity contribution in [2.24, 2.45) is 0 Å². The zero-order valence-corrected chi connectivity index (χ0v) is 12.6. The maximum Gasteiger partial charge on any atom is 0.127 e. The van der Waals surface area contributed by atoms with Gasteiger partial charge in [0.25, 0.3) is 0 Å². The standard InChI is InChI=1S/C17H16FNO.ClH/c1-20-15-5-2-10-6-7-19-14-9-11-8-12(18)3-4-13(11)17(15)16(10)14;/h2-5,8,14,19H,6-7,9H2,1H3;1H. The molecule has 1 N–H and O–H groups in total. The molecular formula is C17H17ClFNO. The van der Waals surface area contributed by atoms with Crippen molar-refractivity contribution in [1.82, 2.24) is 5.32 Å². The van der Waals surface area contributed by atoms with Crippen LogP contribution in [-0.4, -0.2) is 13.7 Å². The molecular weight excluding hydrogens is 289 g/mol. The summed E-state index contributed by atoms with van der Waals surface area (Å²) in [5, 5.41) is 3.55. The Morgan fingerprint density at radius 3 is 2.86 bits per heavy atom. The molecule has 0 amide bonds. The summed E-state index contributed by atoms with van der Waals surface area (Å²) in [6, 6.07) is 9.55. The van der Waals surface area contributed by atoms with Gasteiger partial charge in [-0.15, -0.1) is 12.4 Å². The van der Waals surface area contributed by atoms with Crippen molar-refractivity contribution < 1.29 is 9.13 Å². The third kappa shape index (κ3) is 2.12. The van der Waals surface area contributed by atoms with Crippen LogP contribution >= 0.6 is 12.4 Å². The molecule has 1 atom stereocenters. The molecule has 0 saturated carbocycles. The number of hydrogen-bond donors (Lipinski definition) is 1. The van der Waals surface area contributed by atoms with Gasteiger partial charge in [-0.1, -0.05) is 12.1 Å². The van der Waals surface area contributed by atoms with Gasteiger partial charge in [0.05, 0.1) is 7.11 Å². The third-order valence-corrected chi connectivity index (χ3v) is 4.41. The lowest BCUT2D eigenvalue weighted by Gasteiger charge is -2.35. The molecule has 2 aliphatic rings. The first-order valence-corrected chi connectivity index (χ1v) is 7.00. The highest BCUT2D eigenvalue weighted by Crippen LogP contribution is 2.46. The molecule has 2 aromatic rings. The van der Waals surface area contributed by atoms with Crippen LogP contribution in [0.2, 0.25) is 0 Å². The number of nitrogens with one attached hydrogen (secondary N) is 1. The summed E-state index contributed by atoms with van der Waals surface area (Å²) in [6.45, 7) is 0.980. The van der Waals surface area contributed by atoms with Crippen LogP contribution in [-0.2, 0) is 12.8 Å². The lowest BCUT2D eigenvalue weighted by Crippen LogP contribution is -2.33. The molecule has 0 fully saturated rings. The van der Waals surface area contributed by atoms with E-state index in [1.165, 1.54) is 17.2 Å². The van der Waals surface area contributed by atoms with E-state index in [0.29, 0.717) is 0 Å². The molecule has 0 bridgehead atoms. The monoisotopic (exact) mass is 305 g/mol. The first-order chi connectivity index (χ1) is 9.78. The van der Waals surface area contributed by atoms with Crippen LogP contribution in [0.25, 0.3) is 11.1 Å². The van der Waals surface area contributed by atoms with Crippen molar-refractivity contribution in [3.8, 4) is 16.9 Å². The molecule has 0 spiro atoms. The van der Waals surface area contributed by atoms with Crippen LogP contribution in [0.4, 0.5) is 4.39 Å². The van der Waals surface area contributed by atoms with Crippen LogP contribution < -0.4 is 10.1 Å². The van der Waals surface area contributed by atoms with Crippen LogP contribution in [0.1, 0.15) is 22.7 Å². The van der Waals surface area contributed by atoms with Crippen molar-refractivity contribution >= 4 is 12.4 Å². The Balaban J connectivity index is 0.00000132. The molecule has 2 aromatic carbocycles. The second-order valence-electron chi connectivity index (χ2n) is 5.48. The van der Waals surface area contributed by atoms with E-state index < -0.39 is 0 Å². The van der Waals surface area contributed by atoms with Crippen molar-refractivity contribution in [2.75, 3.05) is 13.7 Å². The van der Waals surface area contributed by atoms with E-state index in [-0.39, 0.29) is 24.3 Å².